The molecule has 2 aromatic rings. The first-order valence-corrected chi connectivity index (χ1v) is 8.67. The van der Waals surface area contributed by atoms with Gasteiger partial charge in [-0.3, -0.25) is 4.79 Å². The van der Waals surface area contributed by atoms with Gasteiger partial charge in [-0.1, -0.05) is 23.4 Å². The first-order chi connectivity index (χ1) is 11.8. The second-order valence-corrected chi connectivity index (χ2v) is 6.86. The minimum Gasteiger partial charge on any atom is -0.492 e. The maximum Gasteiger partial charge on any atom is 0.234 e. The number of ether oxygens (including phenoxy) is 1. The van der Waals surface area contributed by atoms with Gasteiger partial charge in [0.15, 0.2) is 5.82 Å². The van der Waals surface area contributed by atoms with Crippen LogP contribution < -0.4 is 4.74 Å². The van der Waals surface area contributed by atoms with Gasteiger partial charge in [-0.25, -0.2) is 0 Å². The van der Waals surface area contributed by atoms with E-state index >= 15 is 0 Å². The van der Waals surface area contributed by atoms with Crippen molar-refractivity contribution >= 4 is 5.91 Å². The van der Waals surface area contributed by atoms with Crippen LogP contribution in [0.4, 0.5) is 0 Å². The van der Waals surface area contributed by atoms with Gasteiger partial charge in [0.1, 0.15) is 18.3 Å². The van der Waals surface area contributed by atoms with E-state index in [4.69, 9.17) is 9.26 Å². The van der Waals surface area contributed by atoms with E-state index in [1.165, 1.54) is 0 Å². The molecule has 6 heteroatoms. The summed E-state index contributed by atoms with van der Waals surface area (Å²) in [5.74, 6) is 2.54. The van der Waals surface area contributed by atoms with Crippen molar-refractivity contribution < 1.29 is 14.1 Å². The Morgan fingerprint density at radius 3 is 2.96 bits per heavy atom. The van der Waals surface area contributed by atoms with Crippen LogP contribution in [0.15, 0.2) is 28.8 Å². The Morgan fingerprint density at radius 1 is 1.21 bits per heavy atom. The molecule has 1 aromatic heterocycles. The van der Waals surface area contributed by atoms with Crippen molar-refractivity contribution in [2.24, 2.45) is 0 Å². The summed E-state index contributed by atoms with van der Waals surface area (Å²) in [5, 5.41) is 4.15. The summed E-state index contributed by atoms with van der Waals surface area (Å²) in [6.45, 7) is 1.16. The summed E-state index contributed by atoms with van der Waals surface area (Å²) in [7, 11) is 0. The van der Waals surface area contributed by atoms with Crippen molar-refractivity contribution in [1.82, 2.24) is 15.0 Å². The quantitative estimate of drug-likeness (QED) is 0.868. The predicted octanol–water partition coefficient (Wildman–Crippen LogP) is 2.79. The van der Waals surface area contributed by atoms with Crippen molar-refractivity contribution in [3.05, 3.63) is 41.5 Å². The third kappa shape index (κ3) is 2.20. The topological polar surface area (TPSA) is 68.5 Å². The molecule has 0 spiro atoms. The van der Waals surface area contributed by atoms with Gasteiger partial charge in [-0.05, 0) is 31.7 Å². The van der Waals surface area contributed by atoms with Crippen molar-refractivity contribution in [1.29, 1.82) is 0 Å². The molecule has 6 nitrogen and oxygen atoms in total. The lowest BCUT2D eigenvalue weighted by molar-refractivity contribution is -0.134. The molecule has 2 atom stereocenters. The van der Waals surface area contributed by atoms with Crippen LogP contribution in [0.2, 0.25) is 0 Å². The molecule has 2 aliphatic heterocycles. The molecule has 1 aliphatic carbocycles. The summed E-state index contributed by atoms with van der Waals surface area (Å²) in [5.41, 5.74) is 0.986. The molecule has 0 radical (unpaired) electrons. The fraction of sp³-hybridized carbons (Fsp3) is 0.500. The highest BCUT2D eigenvalue weighted by atomic mass is 16.5. The number of rotatable bonds is 3. The van der Waals surface area contributed by atoms with E-state index in [9.17, 15) is 4.79 Å². The van der Waals surface area contributed by atoms with Gasteiger partial charge in [0.25, 0.3) is 0 Å². The van der Waals surface area contributed by atoms with Crippen LogP contribution in [-0.4, -0.2) is 34.1 Å². The minimum atomic E-state index is -0.225. The van der Waals surface area contributed by atoms with E-state index < -0.39 is 0 Å². The molecule has 5 rings (SSSR count). The Hall–Kier alpha value is -2.37. The van der Waals surface area contributed by atoms with Gasteiger partial charge in [-0.2, -0.15) is 4.98 Å². The third-order valence-electron chi connectivity index (χ3n) is 5.22. The largest absolute Gasteiger partial charge is 0.492 e. The molecular formula is C18H19N3O3. The normalized spacial score (nSPS) is 25.6. The highest BCUT2D eigenvalue weighted by molar-refractivity contribution is 5.86. The van der Waals surface area contributed by atoms with Crippen LogP contribution in [0.1, 0.15) is 60.8 Å². The number of likely N-dealkylation sites (tertiary alicyclic amines) is 1. The van der Waals surface area contributed by atoms with Crippen LogP contribution in [0.3, 0.4) is 0 Å². The van der Waals surface area contributed by atoms with E-state index in [-0.39, 0.29) is 17.9 Å². The summed E-state index contributed by atoms with van der Waals surface area (Å²) >= 11 is 0. The summed E-state index contributed by atoms with van der Waals surface area (Å²) in [4.78, 5) is 19.6. The zero-order valence-electron chi connectivity index (χ0n) is 13.4. The van der Waals surface area contributed by atoms with E-state index in [0.29, 0.717) is 18.3 Å². The third-order valence-corrected chi connectivity index (χ3v) is 5.22. The highest BCUT2D eigenvalue weighted by Crippen LogP contribution is 2.41. The molecule has 2 fully saturated rings. The lowest BCUT2D eigenvalue weighted by Gasteiger charge is -2.25. The fourth-order valence-corrected chi connectivity index (χ4v) is 3.74. The number of fused-ring (bicyclic) bond motifs is 1. The number of amides is 1. The smallest absolute Gasteiger partial charge is 0.234 e. The zero-order valence-corrected chi connectivity index (χ0v) is 13.4. The molecule has 1 saturated carbocycles. The monoisotopic (exact) mass is 325 g/mol. The standard InChI is InChI=1S/C18H19N3O3/c22-18(13-10-23-15-6-2-1-4-12(13)15)21-9-3-5-14(21)16-19-17(24-20-16)11-7-8-11/h1-2,4,6,11,13-14H,3,5,7-10H2/t13-,14-/m1/s1. The average Bonchev–Trinajstić information content (AvgIpc) is 3.06. The molecule has 1 amide bonds. The number of nitrogens with zero attached hydrogens (tertiary/aromatic N) is 3. The van der Waals surface area contributed by atoms with Gasteiger partial charge in [0, 0.05) is 18.0 Å². The second kappa shape index (κ2) is 5.33. The Morgan fingerprint density at radius 2 is 2.08 bits per heavy atom. The number of hydrogen-bond donors (Lipinski definition) is 0. The molecule has 1 aromatic carbocycles. The van der Waals surface area contributed by atoms with Crippen LogP contribution in [-0.2, 0) is 4.79 Å². The second-order valence-electron chi connectivity index (χ2n) is 6.86. The lowest BCUT2D eigenvalue weighted by Crippen LogP contribution is -2.35. The Balaban J connectivity index is 1.40. The Kier molecular flexibility index (Phi) is 3.11. The van der Waals surface area contributed by atoms with Gasteiger partial charge < -0.3 is 14.2 Å². The highest BCUT2D eigenvalue weighted by Gasteiger charge is 2.40. The Bertz CT molecular complexity index is 783. The molecule has 24 heavy (non-hydrogen) atoms. The van der Waals surface area contributed by atoms with E-state index in [2.05, 4.69) is 10.1 Å². The first-order valence-electron chi connectivity index (χ1n) is 8.67. The molecule has 1 saturated heterocycles. The number of aromatic nitrogens is 2. The maximum atomic E-state index is 13.1. The number of benzene rings is 1. The molecule has 0 bridgehead atoms. The lowest BCUT2D eigenvalue weighted by atomic mass is 9.99. The number of para-hydroxylation sites is 1. The van der Waals surface area contributed by atoms with E-state index in [1.54, 1.807) is 0 Å². The predicted molar refractivity (Wildman–Crippen MR) is 84.6 cm³/mol. The first kappa shape index (κ1) is 14.0. The number of hydrogen-bond acceptors (Lipinski definition) is 5. The van der Waals surface area contributed by atoms with E-state index in [0.717, 1.165) is 49.4 Å². The van der Waals surface area contributed by atoms with Gasteiger partial charge >= 0.3 is 0 Å². The van der Waals surface area contributed by atoms with Crippen LogP contribution in [0.25, 0.3) is 0 Å². The van der Waals surface area contributed by atoms with Gasteiger partial charge in [-0.15, -0.1) is 0 Å². The van der Waals surface area contributed by atoms with Gasteiger partial charge in [0.05, 0.1) is 6.04 Å². The molecule has 0 unspecified atom stereocenters. The van der Waals surface area contributed by atoms with E-state index in [1.807, 2.05) is 29.2 Å². The van der Waals surface area contributed by atoms with Crippen molar-refractivity contribution in [2.45, 2.75) is 43.6 Å². The SMILES string of the molecule is O=C([C@@H]1COc2ccccc21)N1CCC[C@@H]1c1noc(C2CC2)n1. The number of carbonyl (C=O) groups is 1. The molecule has 3 aliphatic rings. The summed E-state index contributed by atoms with van der Waals surface area (Å²) in [6.07, 6.45) is 4.12. The molecule has 0 N–H and O–H groups in total. The van der Waals surface area contributed by atoms with Crippen molar-refractivity contribution in [3.63, 3.8) is 0 Å². The fourth-order valence-electron chi connectivity index (χ4n) is 3.74. The van der Waals surface area contributed by atoms with Crippen molar-refractivity contribution in [2.75, 3.05) is 13.2 Å². The minimum absolute atomic E-state index is 0.0680. The van der Waals surface area contributed by atoms with Crippen LogP contribution in [0.5, 0.6) is 5.75 Å². The summed E-state index contributed by atoms with van der Waals surface area (Å²) in [6, 6.07) is 7.72. The van der Waals surface area contributed by atoms with Crippen LogP contribution >= 0.6 is 0 Å². The Labute approximate surface area is 139 Å². The molecule has 124 valence electrons. The van der Waals surface area contributed by atoms with Crippen molar-refractivity contribution in [3.8, 4) is 5.75 Å². The maximum absolute atomic E-state index is 13.1. The number of carbonyl (C=O) groups excluding carboxylic acids is 1. The zero-order chi connectivity index (χ0) is 16.1. The van der Waals surface area contributed by atoms with Crippen LogP contribution in [0, 0.1) is 0 Å². The molecular weight excluding hydrogens is 306 g/mol. The summed E-state index contributed by atoms with van der Waals surface area (Å²) < 4.78 is 11.1. The molecule has 3 heterocycles. The average molecular weight is 325 g/mol. The van der Waals surface area contributed by atoms with Gasteiger partial charge in [0.2, 0.25) is 11.8 Å².